The SMILES string of the molecule is O=C(Nc1ccc(C(F)(F)F)cc1)NC1CCCN(c2ccc(C3CCOCC3)cc2)C1=O. The Morgan fingerprint density at radius 3 is 2.27 bits per heavy atom. The summed E-state index contributed by atoms with van der Waals surface area (Å²) in [6, 6.07) is 10.8. The Morgan fingerprint density at radius 1 is 0.970 bits per heavy atom. The van der Waals surface area contributed by atoms with E-state index in [4.69, 9.17) is 4.74 Å². The van der Waals surface area contributed by atoms with Crippen LogP contribution in [0.25, 0.3) is 0 Å². The normalized spacial score (nSPS) is 19.9. The molecule has 0 radical (unpaired) electrons. The van der Waals surface area contributed by atoms with Gasteiger partial charge in [-0.2, -0.15) is 13.2 Å². The molecule has 0 bridgehead atoms. The van der Waals surface area contributed by atoms with Gasteiger partial charge in [-0.05, 0) is 73.6 Å². The van der Waals surface area contributed by atoms with Crippen LogP contribution in [0.3, 0.4) is 0 Å². The van der Waals surface area contributed by atoms with Crippen LogP contribution in [0.4, 0.5) is 29.3 Å². The fraction of sp³-hybridized carbons (Fsp3) is 0.417. The van der Waals surface area contributed by atoms with Gasteiger partial charge in [-0.3, -0.25) is 4.79 Å². The molecule has 1 atom stereocenters. The van der Waals surface area contributed by atoms with Crippen molar-refractivity contribution in [2.75, 3.05) is 30.0 Å². The highest BCUT2D eigenvalue weighted by atomic mass is 19.4. The van der Waals surface area contributed by atoms with Crippen LogP contribution in [-0.2, 0) is 15.7 Å². The molecule has 176 valence electrons. The number of piperidine rings is 1. The molecule has 6 nitrogen and oxygen atoms in total. The van der Waals surface area contributed by atoms with Crippen molar-refractivity contribution >= 4 is 23.3 Å². The fourth-order valence-corrected chi connectivity index (χ4v) is 4.29. The molecule has 2 aromatic rings. The number of halogens is 3. The highest BCUT2D eigenvalue weighted by molar-refractivity contribution is 6.01. The van der Waals surface area contributed by atoms with Gasteiger partial charge in [0.2, 0.25) is 5.91 Å². The molecule has 2 saturated heterocycles. The number of hydrogen-bond acceptors (Lipinski definition) is 3. The standard InChI is InChI=1S/C24H26F3N3O3/c25-24(26,27)18-5-7-19(8-6-18)28-23(32)29-21-2-1-13-30(22(21)31)20-9-3-16(4-10-20)17-11-14-33-15-12-17/h3-10,17,21H,1-2,11-15H2,(H2,28,29,32). The highest BCUT2D eigenvalue weighted by Crippen LogP contribution is 2.31. The van der Waals surface area contributed by atoms with E-state index in [9.17, 15) is 22.8 Å². The average molecular weight is 461 g/mol. The molecule has 3 amide bonds. The first kappa shape index (κ1) is 23.1. The molecule has 9 heteroatoms. The van der Waals surface area contributed by atoms with Crippen LogP contribution in [0.2, 0.25) is 0 Å². The zero-order valence-corrected chi connectivity index (χ0v) is 18.0. The maximum Gasteiger partial charge on any atom is 0.416 e. The molecule has 2 aliphatic heterocycles. The summed E-state index contributed by atoms with van der Waals surface area (Å²) < 4.78 is 43.5. The second kappa shape index (κ2) is 9.82. The lowest BCUT2D eigenvalue weighted by Gasteiger charge is -2.33. The van der Waals surface area contributed by atoms with E-state index in [0.29, 0.717) is 18.9 Å². The van der Waals surface area contributed by atoms with Crippen LogP contribution in [0.1, 0.15) is 42.7 Å². The summed E-state index contributed by atoms with van der Waals surface area (Å²) in [5.74, 6) is 0.260. The van der Waals surface area contributed by atoms with Crippen LogP contribution in [0.5, 0.6) is 0 Å². The highest BCUT2D eigenvalue weighted by Gasteiger charge is 2.32. The Bertz CT molecular complexity index is 971. The van der Waals surface area contributed by atoms with E-state index >= 15 is 0 Å². The Labute approximate surface area is 190 Å². The van der Waals surface area contributed by atoms with Gasteiger partial charge in [0.1, 0.15) is 6.04 Å². The lowest BCUT2D eigenvalue weighted by Crippen LogP contribution is -2.53. The minimum atomic E-state index is -4.44. The van der Waals surface area contributed by atoms with Crippen molar-refractivity contribution in [3.63, 3.8) is 0 Å². The molecular weight excluding hydrogens is 435 g/mol. The van der Waals surface area contributed by atoms with Crippen molar-refractivity contribution in [2.45, 2.75) is 43.8 Å². The number of ether oxygens (including phenoxy) is 1. The summed E-state index contributed by atoms with van der Waals surface area (Å²) >= 11 is 0. The average Bonchev–Trinajstić information content (AvgIpc) is 2.81. The first-order valence-electron chi connectivity index (χ1n) is 11.0. The number of amides is 3. The number of carbonyl (C=O) groups excluding carboxylic acids is 2. The number of hydrogen-bond donors (Lipinski definition) is 2. The van der Waals surface area contributed by atoms with E-state index in [-0.39, 0.29) is 11.6 Å². The predicted octanol–water partition coefficient (Wildman–Crippen LogP) is 4.92. The van der Waals surface area contributed by atoms with E-state index in [1.807, 2.05) is 24.3 Å². The molecule has 0 aliphatic carbocycles. The number of carbonyl (C=O) groups is 2. The molecule has 4 rings (SSSR count). The molecule has 2 fully saturated rings. The van der Waals surface area contributed by atoms with Crippen LogP contribution in [0.15, 0.2) is 48.5 Å². The van der Waals surface area contributed by atoms with Gasteiger partial charge < -0.3 is 20.3 Å². The third kappa shape index (κ3) is 5.65. The summed E-state index contributed by atoms with van der Waals surface area (Å²) in [5, 5.41) is 5.14. The van der Waals surface area contributed by atoms with E-state index in [1.54, 1.807) is 4.90 Å². The lowest BCUT2D eigenvalue weighted by molar-refractivity contribution is -0.137. The molecule has 2 N–H and O–H groups in total. The maximum atomic E-state index is 13.0. The zero-order chi connectivity index (χ0) is 23.4. The molecule has 33 heavy (non-hydrogen) atoms. The van der Waals surface area contributed by atoms with E-state index in [0.717, 1.165) is 50.3 Å². The number of nitrogens with one attached hydrogen (secondary N) is 2. The number of urea groups is 1. The lowest BCUT2D eigenvalue weighted by atomic mass is 9.91. The van der Waals surface area contributed by atoms with Gasteiger partial charge in [0.05, 0.1) is 5.56 Å². The molecule has 1 unspecified atom stereocenters. The second-order valence-electron chi connectivity index (χ2n) is 8.34. The first-order chi connectivity index (χ1) is 15.8. The first-order valence-corrected chi connectivity index (χ1v) is 11.0. The summed E-state index contributed by atoms with van der Waals surface area (Å²) in [7, 11) is 0. The van der Waals surface area contributed by atoms with E-state index in [1.165, 1.54) is 17.7 Å². The van der Waals surface area contributed by atoms with Crippen molar-refractivity contribution in [1.82, 2.24) is 5.32 Å². The van der Waals surface area contributed by atoms with Crippen LogP contribution >= 0.6 is 0 Å². The van der Waals surface area contributed by atoms with Gasteiger partial charge in [0.25, 0.3) is 0 Å². The Balaban J connectivity index is 1.35. The monoisotopic (exact) mass is 461 g/mol. The summed E-state index contributed by atoms with van der Waals surface area (Å²) in [5.41, 5.74) is 1.43. The summed E-state index contributed by atoms with van der Waals surface area (Å²) in [6.07, 6.45) is -1.25. The van der Waals surface area contributed by atoms with Crippen molar-refractivity contribution in [2.24, 2.45) is 0 Å². The smallest absolute Gasteiger partial charge is 0.381 e. The van der Waals surface area contributed by atoms with Gasteiger partial charge in [-0.1, -0.05) is 12.1 Å². The third-order valence-corrected chi connectivity index (χ3v) is 6.11. The quantitative estimate of drug-likeness (QED) is 0.679. The molecule has 2 aromatic carbocycles. The third-order valence-electron chi connectivity index (χ3n) is 6.11. The molecule has 0 spiro atoms. The molecule has 0 saturated carbocycles. The Hall–Kier alpha value is -3.07. The molecular formula is C24H26F3N3O3. The predicted molar refractivity (Wildman–Crippen MR) is 118 cm³/mol. The Morgan fingerprint density at radius 2 is 1.64 bits per heavy atom. The summed E-state index contributed by atoms with van der Waals surface area (Å²) in [4.78, 5) is 27.0. The maximum absolute atomic E-state index is 13.0. The van der Waals surface area contributed by atoms with Crippen molar-refractivity contribution < 1.29 is 27.5 Å². The fourth-order valence-electron chi connectivity index (χ4n) is 4.29. The topological polar surface area (TPSA) is 70.7 Å². The largest absolute Gasteiger partial charge is 0.416 e. The van der Waals surface area contributed by atoms with Crippen LogP contribution in [-0.4, -0.2) is 37.7 Å². The minimum absolute atomic E-state index is 0.206. The van der Waals surface area contributed by atoms with Crippen LogP contribution in [0, 0.1) is 0 Å². The van der Waals surface area contributed by atoms with E-state index in [2.05, 4.69) is 10.6 Å². The van der Waals surface area contributed by atoms with Gasteiger partial charge >= 0.3 is 12.2 Å². The number of rotatable bonds is 4. The number of benzene rings is 2. The zero-order valence-electron chi connectivity index (χ0n) is 18.0. The molecule has 2 heterocycles. The number of anilines is 2. The second-order valence-corrected chi connectivity index (χ2v) is 8.34. The van der Waals surface area contributed by atoms with Gasteiger partial charge in [0.15, 0.2) is 0 Å². The van der Waals surface area contributed by atoms with E-state index < -0.39 is 23.8 Å². The van der Waals surface area contributed by atoms with Gasteiger partial charge in [0, 0.05) is 31.1 Å². The van der Waals surface area contributed by atoms with Crippen molar-refractivity contribution in [3.8, 4) is 0 Å². The number of alkyl halides is 3. The van der Waals surface area contributed by atoms with Crippen molar-refractivity contribution in [3.05, 3.63) is 59.7 Å². The minimum Gasteiger partial charge on any atom is -0.381 e. The molecule has 0 aromatic heterocycles. The van der Waals surface area contributed by atoms with Gasteiger partial charge in [-0.15, -0.1) is 0 Å². The number of nitrogens with zero attached hydrogens (tertiary/aromatic N) is 1. The summed E-state index contributed by atoms with van der Waals surface area (Å²) in [6.45, 7) is 2.09. The van der Waals surface area contributed by atoms with Gasteiger partial charge in [-0.25, -0.2) is 4.79 Å². The molecule has 2 aliphatic rings. The van der Waals surface area contributed by atoms with Crippen LogP contribution < -0.4 is 15.5 Å². The Kier molecular flexibility index (Phi) is 6.88. The van der Waals surface area contributed by atoms with Crippen molar-refractivity contribution in [1.29, 1.82) is 0 Å².